The van der Waals surface area contributed by atoms with E-state index in [1.54, 1.807) is 0 Å². The molecular formula is C13H29OP. The van der Waals surface area contributed by atoms with Gasteiger partial charge in [0.15, 0.2) is 0 Å². The summed E-state index contributed by atoms with van der Waals surface area (Å²) in [6.45, 7) is 5.46. The molecule has 0 saturated heterocycles. The summed E-state index contributed by atoms with van der Waals surface area (Å²) < 4.78 is 5.53. The van der Waals surface area contributed by atoms with Crippen LogP contribution in [0.1, 0.15) is 65.2 Å². The van der Waals surface area contributed by atoms with Gasteiger partial charge in [-0.1, -0.05) is 61.0 Å². The second-order valence-electron chi connectivity index (χ2n) is 4.17. The number of hydrogen-bond acceptors (Lipinski definition) is 1. The standard InChI is InChI=1S/C13H29OP/c1-3-5-7-8-9-10-12-15-13-14-11-6-4-2/h15H,3-13H2,1-2H3. The first-order valence-electron chi connectivity index (χ1n) is 6.70. The second kappa shape index (κ2) is 14.4. The summed E-state index contributed by atoms with van der Waals surface area (Å²) in [5.41, 5.74) is 0. The first kappa shape index (κ1) is 15.4. The fraction of sp³-hybridized carbons (Fsp3) is 1.00. The molecule has 0 heterocycles. The van der Waals surface area contributed by atoms with Gasteiger partial charge in [0.2, 0.25) is 0 Å². The molecule has 0 saturated carbocycles. The molecule has 0 N–H and O–H groups in total. The van der Waals surface area contributed by atoms with E-state index in [1.807, 2.05) is 0 Å². The molecule has 0 aromatic rings. The minimum atomic E-state index is 0.972. The van der Waals surface area contributed by atoms with Gasteiger partial charge in [0.05, 0.1) is 6.35 Å². The minimum Gasteiger partial charge on any atom is -0.377 e. The van der Waals surface area contributed by atoms with E-state index < -0.39 is 0 Å². The van der Waals surface area contributed by atoms with Gasteiger partial charge in [0, 0.05) is 6.61 Å². The molecule has 0 spiro atoms. The Morgan fingerprint density at radius 1 is 0.800 bits per heavy atom. The van der Waals surface area contributed by atoms with Crippen molar-refractivity contribution in [3.05, 3.63) is 0 Å². The Morgan fingerprint density at radius 2 is 1.47 bits per heavy atom. The molecule has 0 aliphatic heterocycles. The lowest BCUT2D eigenvalue weighted by atomic mass is 10.1. The van der Waals surface area contributed by atoms with Crippen LogP contribution in [0.15, 0.2) is 0 Å². The van der Waals surface area contributed by atoms with Crippen LogP contribution in [0.5, 0.6) is 0 Å². The highest BCUT2D eigenvalue weighted by atomic mass is 31.1. The van der Waals surface area contributed by atoms with E-state index in [0.717, 1.165) is 21.5 Å². The third-order valence-corrected chi connectivity index (χ3v) is 3.67. The molecule has 0 radical (unpaired) electrons. The van der Waals surface area contributed by atoms with Crippen LogP contribution < -0.4 is 0 Å². The smallest absolute Gasteiger partial charge is 0.0630 e. The third-order valence-electron chi connectivity index (χ3n) is 2.55. The summed E-state index contributed by atoms with van der Waals surface area (Å²) in [6, 6.07) is 0. The van der Waals surface area contributed by atoms with Gasteiger partial charge in [-0.05, 0) is 19.0 Å². The van der Waals surface area contributed by atoms with Crippen molar-refractivity contribution in [1.82, 2.24) is 0 Å². The Labute approximate surface area is 98.1 Å². The molecule has 0 bridgehead atoms. The summed E-state index contributed by atoms with van der Waals surface area (Å²) in [4.78, 5) is 0. The highest BCUT2D eigenvalue weighted by molar-refractivity contribution is 7.37. The Balaban J connectivity index is 2.81. The third kappa shape index (κ3) is 14.4. The van der Waals surface area contributed by atoms with E-state index in [0.29, 0.717) is 0 Å². The zero-order valence-electron chi connectivity index (χ0n) is 10.7. The average molecular weight is 232 g/mol. The molecule has 15 heavy (non-hydrogen) atoms. The monoisotopic (exact) mass is 232 g/mol. The lowest BCUT2D eigenvalue weighted by Gasteiger charge is -2.03. The molecule has 0 aromatic heterocycles. The van der Waals surface area contributed by atoms with Gasteiger partial charge in [-0.25, -0.2) is 0 Å². The maximum Gasteiger partial charge on any atom is 0.0630 e. The molecule has 0 amide bonds. The Kier molecular flexibility index (Phi) is 14.8. The summed E-state index contributed by atoms with van der Waals surface area (Å²) in [7, 11) is 1.03. The van der Waals surface area contributed by atoms with Crippen LogP contribution in [0.25, 0.3) is 0 Å². The minimum absolute atomic E-state index is 0.972. The normalized spacial score (nSPS) is 11.6. The molecule has 0 rings (SSSR count). The van der Waals surface area contributed by atoms with Gasteiger partial charge in [0.25, 0.3) is 0 Å². The lowest BCUT2D eigenvalue weighted by molar-refractivity contribution is 0.177. The van der Waals surface area contributed by atoms with Crippen molar-refractivity contribution in [1.29, 1.82) is 0 Å². The van der Waals surface area contributed by atoms with Crippen LogP contribution in [-0.4, -0.2) is 19.1 Å². The van der Waals surface area contributed by atoms with Gasteiger partial charge in [0.1, 0.15) is 0 Å². The van der Waals surface area contributed by atoms with Crippen LogP contribution >= 0.6 is 8.58 Å². The van der Waals surface area contributed by atoms with Crippen molar-refractivity contribution in [2.45, 2.75) is 65.2 Å². The largest absolute Gasteiger partial charge is 0.377 e. The number of rotatable bonds is 12. The van der Waals surface area contributed by atoms with Gasteiger partial charge < -0.3 is 4.74 Å². The van der Waals surface area contributed by atoms with Crippen molar-refractivity contribution in [3.63, 3.8) is 0 Å². The molecule has 2 heteroatoms. The van der Waals surface area contributed by atoms with Crippen molar-refractivity contribution in [2.75, 3.05) is 19.1 Å². The first-order valence-corrected chi connectivity index (χ1v) is 8.11. The van der Waals surface area contributed by atoms with Crippen molar-refractivity contribution in [2.24, 2.45) is 0 Å². The van der Waals surface area contributed by atoms with E-state index in [4.69, 9.17) is 4.74 Å². The topological polar surface area (TPSA) is 9.23 Å². The Hall–Kier alpha value is 0.390. The lowest BCUT2D eigenvalue weighted by Crippen LogP contribution is -1.92. The second-order valence-corrected chi connectivity index (χ2v) is 5.46. The molecular weight excluding hydrogens is 203 g/mol. The predicted molar refractivity (Wildman–Crippen MR) is 72.3 cm³/mol. The van der Waals surface area contributed by atoms with E-state index in [1.165, 1.54) is 57.5 Å². The maximum absolute atomic E-state index is 5.53. The molecule has 1 nitrogen and oxygen atoms in total. The van der Waals surface area contributed by atoms with Crippen LogP contribution in [0.3, 0.4) is 0 Å². The van der Waals surface area contributed by atoms with Crippen LogP contribution in [0, 0.1) is 0 Å². The molecule has 0 fully saturated rings. The molecule has 1 unspecified atom stereocenters. The highest BCUT2D eigenvalue weighted by Crippen LogP contribution is 2.14. The van der Waals surface area contributed by atoms with Crippen molar-refractivity contribution in [3.8, 4) is 0 Å². The quantitative estimate of drug-likeness (QED) is 0.347. The van der Waals surface area contributed by atoms with Gasteiger partial charge >= 0.3 is 0 Å². The zero-order chi connectivity index (χ0) is 11.2. The van der Waals surface area contributed by atoms with E-state index in [9.17, 15) is 0 Å². The van der Waals surface area contributed by atoms with Crippen molar-refractivity contribution < 1.29 is 4.74 Å². The van der Waals surface area contributed by atoms with E-state index in [-0.39, 0.29) is 0 Å². The Bertz CT molecular complexity index is 94.7. The average Bonchev–Trinajstić information content (AvgIpc) is 2.26. The molecule has 0 aliphatic rings. The summed E-state index contributed by atoms with van der Waals surface area (Å²) in [5.74, 6) is 0. The summed E-state index contributed by atoms with van der Waals surface area (Å²) in [6.07, 6.45) is 13.4. The summed E-state index contributed by atoms with van der Waals surface area (Å²) >= 11 is 0. The van der Waals surface area contributed by atoms with Gasteiger partial charge in [-0.15, -0.1) is 0 Å². The van der Waals surface area contributed by atoms with E-state index in [2.05, 4.69) is 13.8 Å². The molecule has 1 atom stereocenters. The highest BCUT2D eigenvalue weighted by Gasteiger charge is 1.91. The fourth-order valence-corrected chi connectivity index (χ4v) is 2.43. The summed E-state index contributed by atoms with van der Waals surface area (Å²) in [5, 5.41) is 0. The Morgan fingerprint density at radius 3 is 2.20 bits per heavy atom. The zero-order valence-corrected chi connectivity index (χ0v) is 11.7. The number of unbranched alkanes of at least 4 members (excludes halogenated alkanes) is 6. The fourth-order valence-electron chi connectivity index (χ4n) is 1.49. The maximum atomic E-state index is 5.53. The SMILES string of the molecule is CCCCCCCCPCOCCCC. The van der Waals surface area contributed by atoms with Gasteiger partial charge in [-0.2, -0.15) is 0 Å². The van der Waals surface area contributed by atoms with Crippen molar-refractivity contribution >= 4 is 8.58 Å². The van der Waals surface area contributed by atoms with Crippen LogP contribution in [-0.2, 0) is 4.74 Å². The molecule has 0 aliphatic carbocycles. The molecule has 92 valence electrons. The van der Waals surface area contributed by atoms with Crippen LogP contribution in [0.4, 0.5) is 0 Å². The first-order chi connectivity index (χ1) is 7.41. The number of hydrogen-bond donors (Lipinski definition) is 0. The van der Waals surface area contributed by atoms with Crippen LogP contribution in [0.2, 0.25) is 0 Å². The van der Waals surface area contributed by atoms with E-state index >= 15 is 0 Å². The molecule has 0 aromatic carbocycles. The predicted octanol–water partition coefficient (Wildman–Crippen LogP) is 4.80. The number of ether oxygens (including phenoxy) is 1. The van der Waals surface area contributed by atoms with Gasteiger partial charge in [-0.3, -0.25) is 0 Å².